The molecular formula is C13H19NO. The van der Waals surface area contributed by atoms with Gasteiger partial charge >= 0.3 is 0 Å². The zero-order valence-electron chi connectivity index (χ0n) is 9.28. The number of benzene rings is 1. The lowest BCUT2D eigenvalue weighted by atomic mass is 10.1. The highest BCUT2D eigenvalue weighted by atomic mass is 16.5. The molecule has 0 aliphatic carbocycles. The van der Waals surface area contributed by atoms with Crippen LogP contribution in [0, 0.1) is 0 Å². The molecule has 2 heteroatoms. The minimum atomic E-state index is 0.689. The van der Waals surface area contributed by atoms with Crippen molar-refractivity contribution in [1.29, 1.82) is 0 Å². The van der Waals surface area contributed by atoms with Gasteiger partial charge < -0.3 is 10.5 Å². The summed E-state index contributed by atoms with van der Waals surface area (Å²) in [6.45, 7) is 1.42. The second-order valence-electron chi connectivity index (χ2n) is 3.54. The highest BCUT2D eigenvalue weighted by Gasteiger charge is 1.97. The van der Waals surface area contributed by atoms with Crippen molar-refractivity contribution < 1.29 is 4.74 Å². The molecule has 0 atom stereocenters. The van der Waals surface area contributed by atoms with E-state index in [0.29, 0.717) is 6.61 Å². The van der Waals surface area contributed by atoms with E-state index in [-0.39, 0.29) is 0 Å². The summed E-state index contributed by atoms with van der Waals surface area (Å²) in [6, 6.07) is 10.3. The Hall–Kier alpha value is -1.12. The molecule has 1 rings (SSSR count). The average Bonchev–Trinajstić information content (AvgIpc) is 2.28. The van der Waals surface area contributed by atoms with Gasteiger partial charge in [0.05, 0.1) is 6.61 Å². The van der Waals surface area contributed by atoms with E-state index < -0.39 is 0 Å². The third kappa shape index (κ3) is 4.77. The Kier molecular flexibility index (Phi) is 5.74. The van der Waals surface area contributed by atoms with E-state index in [1.807, 2.05) is 18.2 Å². The fraction of sp³-hybridized carbons (Fsp3) is 0.385. The molecule has 0 saturated carbocycles. The lowest BCUT2D eigenvalue weighted by Crippen LogP contribution is -2.01. The molecule has 0 unspecified atom stereocenters. The van der Waals surface area contributed by atoms with Crippen molar-refractivity contribution in [1.82, 2.24) is 0 Å². The first-order chi connectivity index (χ1) is 7.36. The zero-order valence-corrected chi connectivity index (χ0v) is 9.28. The van der Waals surface area contributed by atoms with Crippen molar-refractivity contribution in [2.24, 2.45) is 5.73 Å². The molecule has 1 aromatic rings. The number of ether oxygens (including phenoxy) is 1. The van der Waals surface area contributed by atoms with Gasteiger partial charge in [-0.2, -0.15) is 0 Å². The van der Waals surface area contributed by atoms with Crippen molar-refractivity contribution in [3.63, 3.8) is 0 Å². The van der Waals surface area contributed by atoms with Crippen molar-refractivity contribution in [3.8, 4) is 0 Å². The van der Waals surface area contributed by atoms with E-state index in [4.69, 9.17) is 10.5 Å². The highest BCUT2D eigenvalue weighted by molar-refractivity contribution is 5.52. The smallest absolute Gasteiger partial charge is 0.0676 e. The highest BCUT2D eigenvalue weighted by Crippen LogP contribution is 2.11. The summed E-state index contributed by atoms with van der Waals surface area (Å²) in [4.78, 5) is 0. The molecule has 0 aromatic heterocycles. The van der Waals surface area contributed by atoms with Gasteiger partial charge in [-0.3, -0.25) is 0 Å². The van der Waals surface area contributed by atoms with Crippen LogP contribution in [0.4, 0.5) is 0 Å². The van der Waals surface area contributed by atoms with E-state index in [2.05, 4.69) is 18.2 Å². The van der Waals surface area contributed by atoms with Gasteiger partial charge in [0.1, 0.15) is 0 Å². The van der Waals surface area contributed by atoms with Crippen LogP contribution in [0.5, 0.6) is 0 Å². The van der Waals surface area contributed by atoms with Crippen LogP contribution < -0.4 is 5.73 Å². The van der Waals surface area contributed by atoms with E-state index in [9.17, 15) is 0 Å². The van der Waals surface area contributed by atoms with Crippen LogP contribution >= 0.6 is 0 Å². The molecule has 0 amide bonds. The maximum atomic E-state index is 5.50. The fourth-order valence-electron chi connectivity index (χ4n) is 1.49. The van der Waals surface area contributed by atoms with Gasteiger partial charge in [-0.1, -0.05) is 36.4 Å². The van der Waals surface area contributed by atoms with E-state index in [1.165, 1.54) is 11.1 Å². The first-order valence-corrected chi connectivity index (χ1v) is 5.30. The predicted molar refractivity (Wildman–Crippen MR) is 64.6 cm³/mol. The molecule has 0 bridgehead atoms. The molecule has 0 aliphatic heterocycles. The van der Waals surface area contributed by atoms with E-state index in [0.717, 1.165) is 19.4 Å². The minimum Gasteiger partial charge on any atom is -0.380 e. The summed E-state index contributed by atoms with van der Waals surface area (Å²) in [6.07, 6.45) is 4.21. The molecule has 82 valence electrons. The summed E-state index contributed by atoms with van der Waals surface area (Å²) in [5, 5.41) is 0. The predicted octanol–water partition coefficient (Wildman–Crippen LogP) is 2.46. The quantitative estimate of drug-likeness (QED) is 0.774. The normalized spacial score (nSPS) is 11.7. The second kappa shape index (κ2) is 7.21. The van der Waals surface area contributed by atoms with Crippen LogP contribution in [0.25, 0.3) is 6.08 Å². The third-order valence-electron chi connectivity index (χ3n) is 2.20. The molecule has 0 aliphatic rings. The summed E-state index contributed by atoms with van der Waals surface area (Å²) < 4.78 is 5.16. The van der Waals surface area contributed by atoms with Crippen molar-refractivity contribution in [2.45, 2.75) is 12.8 Å². The molecule has 2 nitrogen and oxygen atoms in total. The SMILES string of the molecule is COC/C(=C/c1ccccc1)CCCN. The van der Waals surface area contributed by atoms with Crippen LogP contribution in [0.1, 0.15) is 18.4 Å². The Morgan fingerprint density at radius 1 is 1.33 bits per heavy atom. The van der Waals surface area contributed by atoms with Gasteiger partial charge in [-0.25, -0.2) is 0 Å². The second-order valence-corrected chi connectivity index (χ2v) is 3.54. The Morgan fingerprint density at radius 3 is 2.67 bits per heavy atom. The zero-order chi connectivity index (χ0) is 10.9. The lowest BCUT2D eigenvalue weighted by Gasteiger charge is -2.05. The number of hydrogen-bond donors (Lipinski definition) is 1. The third-order valence-corrected chi connectivity index (χ3v) is 2.20. The summed E-state index contributed by atoms with van der Waals surface area (Å²) in [5.74, 6) is 0. The monoisotopic (exact) mass is 205 g/mol. The lowest BCUT2D eigenvalue weighted by molar-refractivity contribution is 0.223. The van der Waals surface area contributed by atoms with Crippen LogP contribution in [0.15, 0.2) is 35.9 Å². The standard InChI is InChI=1S/C13H19NO/c1-15-11-13(8-5-9-14)10-12-6-3-2-4-7-12/h2-4,6-7,10H,5,8-9,11,14H2,1H3/b13-10+. The topological polar surface area (TPSA) is 35.2 Å². The van der Waals surface area contributed by atoms with E-state index >= 15 is 0 Å². The van der Waals surface area contributed by atoms with Gasteiger partial charge in [-0.05, 0) is 30.5 Å². The average molecular weight is 205 g/mol. The minimum absolute atomic E-state index is 0.689. The summed E-state index contributed by atoms with van der Waals surface area (Å²) >= 11 is 0. The first-order valence-electron chi connectivity index (χ1n) is 5.30. The summed E-state index contributed by atoms with van der Waals surface area (Å²) in [5.41, 5.74) is 8.02. The maximum Gasteiger partial charge on any atom is 0.0676 e. The Balaban J connectivity index is 2.65. The molecule has 0 spiro atoms. The first kappa shape index (κ1) is 12.0. The Labute approximate surface area is 91.7 Å². The molecular weight excluding hydrogens is 186 g/mol. The number of hydrogen-bond acceptors (Lipinski definition) is 2. The molecule has 1 aromatic carbocycles. The summed E-state index contributed by atoms with van der Waals surface area (Å²) in [7, 11) is 1.72. The Morgan fingerprint density at radius 2 is 2.07 bits per heavy atom. The van der Waals surface area contributed by atoms with Crippen LogP contribution in [0.3, 0.4) is 0 Å². The van der Waals surface area contributed by atoms with Gasteiger partial charge in [0.15, 0.2) is 0 Å². The van der Waals surface area contributed by atoms with Crippen molar-refractivity contribution >= 4 is 6.08 Å². The van der Waals surface area contributed by atoms with E-state index in [1.54, 1.807) is 7.11 Å². The molecule has 0 heterocycles. The number of nitrogens with two attached hydrogens (primary N) is 1. The van der Waals surface area contributed by atoms with Gasteiger partial charge in [-0.15, -0.1) is 0 Å². The molecule has 15 heavy (non-hydrogen) atoms. The van der Waals surface area contributed by atoms with Gasteiger partial charge in [0.25, 0.3) is 0 Å². The maximum absolute atomic E-state index is 5.50. The molecule has 2 N–H and O–H groups in total. The van der Waals surface area contributed by atoms with Gasteiger partial charge in [0.2, 0.25) is 0 Å². The van der Waals surface area contributed by atoms with Crippen molar-refractivity contribution in [2.75, 3.05) is 20.3 Å². The van der Waals surface area contributed by atoms with Gasteiger partial charge in [0, 0.05) is 7.11 Å². The largest absolute Gasteiger partial charge is 0.380 e. The fourth-order valence-corrected chi connectivity index (χ4v) is 1.49. The molecule has 0 fully saturated rings. The van der Waals surface area contributed by atoms with Crippen LogP contribution in [-0.2, 0) is 4.74 Å². The number of rotatable bonds is 6. The van der Waals surface area contributed by atoms with Crippen molar-refractivity contribution in [3.05, 3.63) is 41.5 Å². The Bertz CT molecular complexity index is 293. The molecule has 0 radical (unpaired) electrons. The van der Waals surface area contributed by atoms with Crippen LogP contribution in [0.2, 0.25) is 0 Å². The van der Waals surface area contributed by atoms with Crippen LogP contribution in [-0.4, -0.2) is 20.3 Å². The molecule has 0 saturated heterocycles. The number of methoxy groups -OCH3 is 1.